The number of ether oxygens (including phenoxy) is 3. The van der Waals surface area contributed by atoms with Crippen LogP contribution >= 0.6 is 22.6 Å². The van der Waals surface area contributed by atoms with E-state index in [0.717, 1.165) is 4.57 Å². The molecule has 3 rings (SSSR count). The molecular formula is C16H21IN2O10. The van der Waals surface area contributed by atoms with Gasteiger partial charge in [0.25, 0.3) is 5.56 Å². The molecule has 0 amide bonds. The molecule has 1 aromatic rings. The molecule has 2 aliphatic heterocycles. The van der Waals surface area contributed by atoms with Gasteiger partial charge in [0.1, 0.15) is 42.7 Å². The quantitative estimate of drug-likeness (QED) is 0.162. The molecule has 0 radical (unpaired) electrons. The fraction of sp³-hybridized carbons (Fsp3) is 0.625. The van der Waals surface area contributed by atoms with Crippen molar-refractivity contribution < 1.29 is 39.7 Å². The highest BCUT2D eigenvalue weighted by atomic mass is 127. The van der Waals surface area contributed by atoms with Gasteiger partial charge in [0.2, 0.25) is 0 Å². The summed E-state index contributed by atoms with van der Waals surface area (Å²) < 4.78 is 17.5. The maximum absolute atomic E-state index is 12.1. The summed E-state index contributed by atoms with van der Waals surface area (Å²) in [6.45, 7) is 3.02. The highest BCUT2D eigenvalue weighted by Gasteiger charge is 2.50. The number of nitrogens with zero attached hydrogens (tertiary/aromatic N) is 1. The lowest BCUT2D eigenvalue weighted by molar-refractivity contribution is -0.211. The van der Waals surface area contributed by atoms with E-state index in [2.05, 4.69) is 11.6 Å². The summed E-state index contributed by atoms with van der Waals surface area (Å²) >= 11 is 1.70. The summed E-state index contributed by atoms with van der Waals surface area (Å²) in [4.78, 5) is 25.7. The van der Waals surface area contributed by atoms with Gasteiger partial charge in [-0.1, -0.05) is 6.08 Å². The molecule has 2 fully saturated rings. The van der Waals surface area contributed by atoms with Gasteiger partial charge in [-0.25, -0.2) is 4.79 Å². The van der Waals surface area contributed by atoms with E-state index < -0.39 is 73.1 Å². The van der Waals surface area contributed by atoms with E-state index in [-0.39, 0.29) is 3.57 Å². The lowest BCUT2D eigenvalue weighted by atomic mass is 10.1. The number of rotatable bonds is 6. The second kappa shape index (κ2) is 8.91. The molecule has 0 saturated carbocycles. The Morgan fingerprint density at radius 2 is 1.90 bits per heavy atom. The summed E-state index contributed by atoms with van der Waals surface area (Å²) in [7, 11) is 0. The summed E-state index contributed by atoms with van der Waals surface area (Å²) in [5.41, 5.74) is -1.44. The molecule has 3 heterocycles. The number of aliphatic hydroxyl groups excluding tert-OH is 5. The number of H-pyrrole nitrogens is 1. The molecule has 0 aliphatic carbocycles. The first kappa shape index (κ1) is 22.5. The number of aromatic amines is 1. The maximum atomic E-state index is 12.1. The van der Waals surface area contributed by atoms with E-state index in [1.54, 1.807) is 22.6 Å². The van der Waals surface area contributed by atoms with Gasteiger partial charge >= 0.3 is 5.69 Å². The van der Waals surface area contributed by atoms with E-state index in [1.165, 1.54) is 12.3 Å². The van der Waals surface area contributed by atoms with Crippen molar-refractivity contribution in [2.24, 2.45) is 0 Å². The van der Waals surface area contributed by atoms with Gasteiger partial charge in [-0.15, -0.1) is 6.58 Å². The van der Waals surface area contributed by atoms with Gasteiger partial charge in [0.15, 0.2) is 12.5 Å². The van der Waals surface area contributed by atoms with Gasteiger partial charge < -0.3 is 39.7 Å². The second-order valence-electron chi connectivity index (χ2n) is 6.66. The van der Waals surface area contributed by atoms with Crippen LogP contribution in [0.25, 0.3) is 0 Å². The van der Waals surface area contributed by atoms with E-state index in [0.29, 0.717) is 0 Å². The number of hydrogen-bond donors (Lipinski definition) is 6. The third-order valence-electron chi connectivity index (χ3n) is 4.82. The van der Waals surface area contributed by atoms with Crippen molar-refractivity contribution in [1.82, 2.24) is 9.55 Å². The zero-order valence-corrected chi connectivity index (χ0v) is 17.0. The van der Waals surface area contributed by atoms with E-state index in [1.807, 2.05) is 0 Å². The van der Waals surface area contributed by atoms with Crippen LogP contribution in [0.4, 0.5) is 0 Å². The molecule has 162 valence electrons. The molecule has 9 atom stereocenters. The lowest BCUT2D eigenvalue weighted by Gasteiger charge is -2.27. The zero-order chi connectivity index (χ0) is 21.5. The van der Waals surface area contributed by atoms with Crippen LogP contribution in [0.15, 0.2) is 28.4 Å². The Morgan fingerprint density at radius 1 is 1.21 bits per heavy atom. The van der Waals surface area contributed by atoms with Crippen LogP contribution in [0.3, 0.4) is 0 Å². The molecule has 12 nitrogen and oxygen atoms in total. The Kier molecular flexibility index (Phi) is 6.91. The molecule has 2 aliphatic rings. The van der Waals surface area contributed by atoms with Crippen molar-refractivity contribution >= 4 is 22.6 Å². The minimum Gasteiger partial charge on any atom is -0.394 e. The van der Waals surface area contributed by atoms with Gasteiger partial charge in [0, 0.05) is 6.20 Å². The van der Waals surface area contributed by atoms with Crippen LogP contribution in [0.2, 0.25) is 0 Å². The highest BCUT2D eigenvalue weighted by molar-refractivity contribution is 14.1. The average Bonchev–Trinajstić information content (AvgIpc) is 3.13. The molecule has 13 heteroatoms. The number of hydrogen-bond acceptors (Lipinski definition) is 10. The minimum absolute atomic E-state index is 0.166. The van der Waals surface area contributed by atoms with Gasteiger partial charge in [-0.2, -0.15) is 0 Å². The monoisotopic (exact) mass is 528 g/mol. The number of halogens is 1. The Labute approximate surface area is 177 Å². The third kappa shape index (κ3) is 4.19. The molecule has 1 aromatic heterocycles. The number of aromatic nitrogens is 2. The first-order chi connectivity index (χ1) is 13.7. The SMILES string of the molecule is C=CC(OC1O[C@H](CO)[C@@H](O)[C@@H]1O)[C@H]1O[C@@H](n2cc(I)c(=O)[nH]c2=O)[C@H](O)[C@@H]1O. The van der Waals surface area contributed by atoms with Crippen LogP contribution in [0.1, 0.15) is 6.23 Å². The fourth-order valence-electron chi connectivity index (χ4n) is 3.24. The molecule has 29 heavy (non-hydrogen) atoms. The molecular weight excluding hydrogens is 507 g/mol. The van der Waals surface area contributed by atoms with Gasteiger partial charge in [0.05, 0.1) is 10.2 Å². The van der Waals surface area contributed by atoms with Crippen molar-refractivity contribution in [2.45, 2.75) is 55.2 Å². The molecule has 2 unspecified atom stereocenters. The largest absolute Gasteiger partial charge is 0.394 e. The second-order valence-corrected chi connectivity index (χ2v) is 7.82. The Bertz CT molecular complexity index is 859. The van der Waals surface area contributed by atoms with Crippen LogP contribution in [-0.4, -0.2) is 90.7 Å². The predicted octanol–water partition coefficient (Wildman–Crippen LogP) is -3.23. The van der Waals surface area contributed by atoms with Crippen molar-refractivity contribution in [3.8, 4) is 0 Å². The van der Waals surface area contributed by atoms with E-state index in [4.69, 9.17) is 19.3 Å². The average molecular weight is 528 g/mol. The van der Waals surface area contributed by atoms with Crippen LogP contribution in [0.5, 0.6) is 0 Å². The topological polar surface area (TPSA) is 184 Å². The number of nitrogens with one attached hydrogen (secondary N) is 1. The molecule has 0 spiro atoms. The van der Waals surface area contributed by atoms with E-state index in [9.17, 15) is 30.0 Å². The standard InChI is InChI=1S/C16H21IN2O10/c1-2-6(27-15-11(24)8(21)7(4-20)28-15)12-9(22)10(23)14(29-12)19-3-5(17)13(25)18-16(19)26/h2-3,6-12,14-15,20-24H,1,4H2,(H,18,25,26)/t6?,7-,8-,9+,10-,11+,12-,14-,15?/m1/s1. The Hall–Kier alpha value is -1.17. The van der Waals surface area contributed by atoms with Crippen LogP contribution in [-0.2, 0) is 14.2 Å². The smallest absolute Gasteiger partial charge is 0.330 e. The van der Waals surface area contributed by atoms with Crippen LogP contribution in [0, 0.1) is 3.57 Å². The summed E-state index contributed by atoms with van der Waals surface area (Å²) in [6.07, 6.45) is -9.59. The predicted molar refractivity (Wildman–Crippen MR) is 103 cm³/mol. The van der Waals surface area contributed by atoms with Gasteiger partial charge in [-0.05, 0) is 22.6 Å². The highest BCUT2D eigenvalue weighted by Crippen LogP contribution is 2.33. The molecule has 2 saturated heterocycles. The first-order valence-corrected chi connectivity index (χ1v) is 9.70. The van der Waals surface area contributed by atoms with Crippen molar-refractivity contribution in [3.63, 3.8) is 0 Å². The fourth-order valence-corrected chi connectivity index (χ4v) is 3.67. The van der Waals surface area contributed by atoms with Crippen LogP contribution < -0.4 is 11.2 Å². The normalized spacial score (nSPS) is 38.3. The molecule has 6 N–H and O–H groups in total. The molecule has 0 aromatic carbocycles. The third-order valence-corrected chi connectivity index (χ3v) is 5.59. The molecule has 0 bridgehead atoms. The van der Waals surface area contributed by atoms with Gasteiger partial charge in [-0.3, -0.25) is 14.3 Å². The lowest BCUT2D eigenvalue weighted by Crippen LogP contribution is -2.43. The maximum Gasteiger partial charge on any atom is 0.330 e. The Balaban J connectivity index is 1.80. The Morgan fingerprint density at radius 3 is 2.48 bits per heavy atom. The van der Waals surface area contributed by atoms with Crippen molar-refractivity contribution in [1.29, 1.82) is 0 Å². The minimum atomic E-state index is -1.55. The first-order valence-electron chi connectivity index (χ1n) is 8.62. The summed E-state index contributed by atoms with van der Waals surface area (Å²) in [5.74, 6) is 0. The zero-order valence-electron chi connectivity index (χ0n) is 14.9. The van der Waals surface area contributed by atoms with Crippen molar-refractivity contribution in [3.05, 3.63) is 43.3 Å². The van der Waals surface area contributed by atoms with Crippen molar-refractivity contribution in [2.75, 3.05) is 6.61 Å². The number of aliphatic hydroxyl groups is 5. The summed E-state index contributed by atoms with van der Waals surface area (Å²) in [5, 5.41) is 49.8. The van der Waals surface area contributed by atoms with E-state index >= 15 is 0 Å². The summed E-state index contributed by atoms with van der Waals surface area (Å²) in [6, 6.07) is 0.